The van der Waals surface area contributed by atoms with Gasteiger partial charge in [0, 0.05) is 52.2 Å². The lowest BCUT2D eigenvalue weighted by atomic mass is 10.3. The number of carbonyl (C=O) groups is 1. The first-order valence-electron chi connectivity index (χ1n) is 9.53. The van der Waals surface area contributed by atoms with E-state index in [-0.39, 0.29) is 18.3 Å². The number of amides is 1. The molecule has 28 heavy (non-hydrogen) atoms. The Hall–Kier alpha value is -2.45. The van der Waals surface area contributed by atoms with Crippen molar-refractivity contribution >= 4 is 5.91 Å². The Kier molecular flexibility index (Phi) is 7.39. The minimum absolute atomic E-state index is 0.0347. The summed E-state index contributed by atoms with van der Waals surface area (Å²) in [6.45, 7) is 5.23. The first-order chi connectivity index (χ1) is 13.7. The Balaban J connectivity index is 1.47. The minimum atomic E-state index is -0.325. The van der Waals surface area contributed by atoms with Gasteiger partial charge in [0.25, 0.3) is 5.91 Å². The smallest absolute Gasteiger partial charge is 0.260 e. The summed E-state index contributed by atoms with van der Waals surface area (Å²) in [4.78, 5) is 21.1. The zero-order valence-corrected chi connectivity index (χ0v) is 16.2. The van der Waals surface area contributed by atoms with E-state index >= 15 is 0 Å². The number of aromatic nitrogens is 2. The summed E-state index contributed by atoms with van der Waals surface area (Å²) in [6.07, 6.45) is 4.68. The molecule has 1 saturated heterocycles. The summed E-state index contributed by atoms with van der Waals surface area (Å²) in [5.41, 5.74) is 0. The zero-order chi connectivity index (χ0) is 19.8. The summed E-state index contributed by atoms with van der Waals surface area (Å²) in [5.74, 6) is 1.13. The van der Waals surface area contributed by atoms with Gasteiger partial charge in [-0.05, 0) is 30.7 Å². The van der Waals surface area contributed by atoms with Gasteiger partial charge in [-0.1, -0.05) is 0 Å². The lowest BCUT2D eigenvalue weighted by Crippen LogP contribution is -2.38. The zero-order valence-electron chi connectivity index (χ0n) is 16.2. The Labute approximate surface area is 164 Å². The molecule has 0 bridgehead atoms. The molecule has 1 fully saturated rings. The van der Waals surface area contributed by atoms with Crippen LogP contribution in [0.15, 0.2) is 36.7 Å². The summed E-state index contributed by atoms with van der Waals surface area (Å²) < 4.78 is 25.7. The van der Waals surface area contributed by atoms with Crippen LogP contribution >= 0.6 is 0 Å². The molecule has 0 saturated carbocycles. The highest BCUT2D eigenvalue weighted by Crippen LogP contribution is 2.12. The van der Waals surface area contributed by atoms with Gasteiger partial charge in [-0.15, -0.1) is 0 Å². The highest BCUT2D eigenvalue weighted by atomic mass is 19.1. The quantitative estimate of drug-likeness (QED) is 0.688. The van der Waals surface area contributed by atoms with Gasteiger partial charge in [0.15, 0.2) is 6.61 Å². The van der Waals surface area contributed by atoms with Crippen LogP contribution in [0.25, 0.3) is 0 Å². The van der Waals surface area contributed by atoms with Crippen molar-refractivity contribution in [1.29, 1.82) is 0 Å². The number of rotatable bonds is 8. The molecular formula is C20H27FN4O3. The van der Waals surface area contributed by atoms with Crippen molar-refractivity contribution in [3.8, 4) is 5.75 Å². The number of carbonyl (C=O) groups excluding carboxylic acids is 1. The fraction of sp³-hybridized carbons (Fsp3) is 0.500. The van der Waals surface area contributed by atoms with E-state index in [1.54, 1.807) is 7.11 Å². The summed E-state index contributed by atoms with van der Waals surface area (Å²) in [5, 5.41) is 0. The van der Waals surface area contributed by atoms with Crippen LogP contribution < -0.4 is 4.74 Å². The lowest BCUT2D eigenvalue weighted by molar-refractivity contribution is -0.133. The Morgan fingerprint density at radius 2 is 2.00 bits per heavy atom. The molecule has 1 aromatic carbocycles. The summed E-state index contributed by atoms with van der Waals surface area (Å²) in [7, 11) is 1.69. The van der Waals surface area contributed by atoms with Crippen LogP contribution in [0.1, 0.15) is 12.2 Å². The second kappa shape index (κ2) is 10.2. The molecule has 1 aliphatic heterocycles. The molecule has 1 aromatic heterocycles. The normalized spacial score (nSPS) is 15.4. The number of methoxy groups -OCH3 is 1. The van der Waals surface area contributed by atoms with Crippen LogP contribution in [0.4, 0.5) is 4.39 Å². The van der Waals surface area contributed by atoms with E-state index in [1.165, 1.54) is 24.3 Å². The molecule has 0 N–H and O–H groups in total. The molecule has 3 rings (SSSR count). The van der Waals surface area contributed by atoms with Crippen molar-refractivity contribution in [2.24, 2.45) is 0 Å². The predicted molar refractivity (Wildman–Crippen MR) is 102 cm³/mol. The van der Waals surface area contributed by atoms with Crippen molar-refractivity contribution in [3.05, 3.63) is 48.3 Å². The number of hydrogen-bond donors (Lipinski definition) is 0. The van der Waals surface area contributed by atoms with Crippen LogP contribution in [0.3, 0.4) is 0 Å². The molecule has 0 spiro atoms. The molecule has 1 amide bonds. The molecule has 7 nitrogen and oxygen atoms in total. The van der Waals surface area contributed by atoms with E-state index < -0.39 is 0 Å². The standard InChI is InChI=1S/C20H27FN4O3/c1-27-14-13-24-10-7-22-19(24)15-23-8-2-9-25(12-11-23)20(26)16-28-18-5-3-17(21)4-6-18/h3-7,10H,2,8-9,11-16H2,1H3. The molecular weight excluding hydrogens is 363 g/mol. The van der Waals surface area contributed by atoms with Gasteiger partial charge in [0.2, 0.25) is 0 Å². The highest BCUT2D eigenvalue weighted by molar-refractivity contribution is 5.77. The first kappa shape index (κ1) is 20.3. The van der Waals surface area contributed by atoms with Gasteiger partial charge >= 0.3 is 0 Å². The molecule has 8 heteroatoms. The third-order valence-electron chi connectivity index (χ3n) is 4.82. The van der Waals surface area contributed by atoms with E-state index in [2.05, 4.69) is 14.5 Å². The number of halogens is 1. The molecule has 0 atom stereocenters. The second-order valence-corrected chi connectivity index (χ2v) is 6.78. The van der Waals surface area contributed by atoms with Crippen molar-refractivity contribution in [2.75, 3.05) is 46.5 Å². The van der Waals surface area contributed by atoms with Crippen LogP contribution in [-0.4, -0.2) is 71.8 Å². The average Bonchev–Trinajstić information content (AvgIpc) is 3.00. The van der Waals surface area contributed by atoms with Crippen LogP contribution in [0, 0.1) is 5.82 Å². The van der Waals surface area contributed by atoms with Gasteiger partial charge in [-0.2, -0.15) is 0 Å². The summed E-state index contributed by atoms with van der Waals surface area (Å²) >= 11 is 0. The largest absolute Gasteiger partial charge is 0.484 e. The van der Waals surface area contributed by atoms with Crippen molar-refractivity contribution in [2.45, 2.75) is 19.5 Å². The minimum Gasteiger partial charge on any atom is -0.484 e. The number of imidazole rings is 1. The fourth-order valence-electron chi connectivity index (χ4n) is 3.23. The maximum Gasteiger partial charge on any atom is 0.260 e. The fourth-order valence-corrected chi connectivity index (χ4v) is 3.23. The molecule has 0 radical (unpaired) electrons. The SMILES string of the molecule is COCCn1ccnc1CN1CCCN(C(=O)COc2ccc(F)cc2)CC1. The topological polar surface area (TPSA) is 59.8 Å². The number of ether oxygens (including phenoxy) is 2. The van der Waals surface area contributed by atoms with Crippen LogP contribution in [0.5, 0.6) is 5.75 Å². The van der Waals surface area contributed by atoms with Crippen molar-refractivity contribution in [3.63, 3.8) is 0 Å². The van der Waals surface area contributed by atoms with Crippen molar-refractivity contribution in [1.82, 2.24) is 19.4 Å². The number of benzene rings is 1. The van der Waals surface area contributed by atoms with Gasteiger partial charge in [0.05, 0.1) is 13.2 Å². The Morgan fingerprint density at radius 1 is 1.18 bits per heavy atom. The molecule has 0 aliphatic carbocycles. The van der Waals surface area contributed by atoms with Crippen molar-refractivity contribution < 1.29 is 18.7 Å². The average molecular weight is 390 g/mol. The van der Waals surface area contributed by atoms with Crippen LogP contribution in [-0.2, 0) is 22.6 Å². The first-order valence-corrected chi connectivity index (χ1v) is 9.53. The van der Waals surface area contributed by atoms with E-state index in [0.717, 1.165) is 38.4 Å². The summed E-state index contributed by atoms with van der Waals surface area (Å²) in [6, 6.07) is 5.69. The molecule has 1 aliphatic rings. The number of hydrogen-bond acceptors (Lipinski definition) is 5. The Bertz CT molecular complexity index is 750. The number of nitrogens with zero attached hydrogens (tertiary/aromatic N) is 4. The predicted octanol–water partition coefficient (Wildman–Crippen LogP) is 1.78. The van der Waals surface area contributed by atoms with Gasteiger partial charge in [-0.3, -0.25) is 9.69 Å². The van der Waals surface area contributed by atoms with Gasteiger partial charge in [0.1, 0.15) is 17.4 Å². The maximum absolute atomic E-state index is 12.9. The molecule has 2 aromatic rings. The highest BCUT2D eigenvalue weighted by Gasteiger charge is 2.20. The van der Waals surface area contributed by atoms with Crippen LogP contribution in [0.2, 0.25) is 0 Å². The second-order valence-electron chi connectivity index (χ2n) is 6.78. The van der Waals surface area contributed by atoms with E-state index in [1.807, 2.05) is 17.3 Å². The third kappa shape index (κ3) is 5.77. The molecule has 0 unspecified atom stereocenters. The van der Waals surface area contributed by atoms with Gasteiger partial charge in [-0.25, -0.2) is 9.37 Å². The maximum atomic E-state index is 12.9. The third-order valence-corrected chi connectivity index (χ3v) is 4.82. The molecule has 2 heterocycles. The van der Waals surface area contributed by atoms with E-state index in [9.17, 15) is 9.18 Å². The van der Waals surface area contributed by atoms with E-state index in [4.69, 9.17) is 9.47 Å². The monoisotopic (exact) mass is 390 g/mol. The lowest BCUT2D eigenvalue weighted by Gasteiger charge is -2.22. The van der Waals surface area contributed by atoms with Gasteiger partial charge < -0.3 is 18.9 Å². The Morgan fingerprint density at radius 3 is 2.79 bits per heavy atom. The van der Waals surface area contributed by atoms with E-state index in [0.29, 0.717) is 25.4 Å². The molecule has 152 valence electrons.